The van der Waals surface area contributed by atoms with Gasteiger partial charge in [-0.2, -0.15) is 0 Å². The molecule has 4 aromatic rings. The van der Waals surface area contributed by atoms with Crippen molar-refractivity contribution >= 4 is 5.52 Å². The van der Waals surface area contributed by atoms with Crippen molar-refractivity contribution < 1.29 is 0 Å². The van der Waals surface area contributed by atoms with Crippen LogP contribution in [0.1, 0.15) is 28.4 Å². The second-order valence-corrected chi connectivity index (χ2v) is 8.69. The molecule has 1 aliphatic heterocycles. The molecule has 1 aliphatic rings. The Morgan fingerprint density at radius 3 is 2.48 bits per heavy atom. The average molecular weight is 413 g/mol. The first-order chi connectivity index (χ1) is 15.1. The number of likely N-dealkylation sites (N-methyl/N-ethyl adjacent to an activating group) is 1. The Balaban J connectivity index is 1.40. The Hall–Kier alpha value is -3.09. The molecule has 0 saturated carbocycles. The molecule has 6 nitrogen and oxygen atoms in total. The molecule has 0 N–H and O–H groups in total. The maximum atomic E-state index is 4.61. The van der Waals surface area contributed by atoms with Gasteiger partial charge in [-0.3, -0.25) is 14.8 Å². The predicted molar refractivity (Wildman–Crippen MR) is 123 cm³/mol. The summed E-state index contributed by atoms with van der Waals surface area (Å²) in [6.07, 6.45) is 5.68. The van der Waals surface area contributed by atoms with Gasteiger partial charge < -0.3 is 0 Å². The minimum atomic E-state index is 0.226. The second-order valence-electron chi connectivity index (χ2n) is 8.69. The molecule has 1 fully saturated rings. The number of aromatic nitrogens is 4. The molecule has 0 aliphatic carbocycles. The van der Waals surface area contributed by atoms with Gasteiger partial charge in [0.2, 0.25) is 0 Å². The van der Waals surface area contributed by atoms with Crippen molar-refractivity contribution in [2.75, 3.05) is 26.7 Å². The molecule has 0 bridgehead atoms. The lowest BCUT2D eigenvalue weighted by Crippen LogP contribution is -2.46. The van der Waals surface area contributed by atoms with E-state index < -0.39 is 0 Å². The van der Waals surface area contributed by atoms with Gasteiger partial charge in [-0.15, -0.1) is 5.10 Å². The van der Waals surface area contributed by atoms with E-state index in [1.165, 1.54) is 16.7 Å². The Morgan fingerprint density at radius 2 is 1.71 bits per heavy atom. The van der Waals surface area contributed by atoms with Gasteiger partial charge in [0, 0.05) is 50.3 Å². The van der Waals surface area contributed by atoms with Crippen molar-refractivity contribution in [3.63, 3.8) is 0 Å². The summed E-state index contributed by atoms with van der Waals surface area (Å²) in [5.74, 6) is 0. The normalized spacial score (nSPS) is 18.0. The summed E-state index contributed by atoms with van der Waals surface area (Å²) in [7, 11) is 2.19. The monoisotopic (exact) mass is 412 g/mol. The number of hydrogen-bond acceptors (Lipinski definition) is 5. The van der Waals surface area contributed by atoms with Crippen molar-refractivity contribution in [3.8, 4) is 11.1 Å². The van der Waals surface area contributed by atoms with Crippen LogP contribution in [0, 0.1) is 13.8 Å². The van der Waals surface area contributed by atoms with Gasteiger partial charge in [-0.1, -0.05) is 40.6 Å². The molecule has 4 heterocycles. The smallest absolute Gasteiger partial charge is 0.109 e. The van der Waals surface area contributed by atoms with Crippen LogP contribution in [0.25, 0.3) is 16.6 Å². The highest BCUT2D eigenvalue weighted by Crippen LogP contribution is 2.28. The lowest BCUT2D eigenvalue weighted by atomic mass is 10.0. The van der Waals surface area contributed by atoms with Gasteiger partial charge in [-0.25, -0.2) is 4.52 Å². The summed E-state index contributed by atoms with van der Waals surface area (Å²) in [6.45, 7) is 8.34. The van der Waals surface area contributed by atoms with Gasteiger partial charge in [0.1, 0.15) is 5.69 Å². The molecule has 1 aromatic carbocycles. The summed E-state index contributed by atoms with van der Waals surface area (Å²) in [5.41, 5.74) is 8.40. The molecule has 0 unspecified atom stereocenters. The van der Waals surface area contributed by atoms with E-state index in [4.69, 9.17) is 0 Å². The average Bonchev–Trinajstić information content (AvgIpc) is 3.18. The van der Waals surface area contributed by atoms with Gasteiger partial charge in [0.05, 0.1) is 11.6 Å². The fraction of sp³-hybridized carbons (Fsp3) is 0.320. The SMILES string of the molecule is Cc1cc(C)cc(CN2CCN(C)[C@@H](c3nnn4cc(-c5ccncc5)ccc34)C2)c1. The minimum Gasteiger partial charge on any atom is -0.296 e. The van der Waals surface area contributed by atoms with Crippen LogP contribution in [0.5, 0.6) is 0 Å². The summed E-state index contributed by atoms with van der Waals surface area (Å²) < 4.78 is 1.90. The number of nitrogens with zero attached hydrogens (tertiary/aromatic N) is 6. The Bertz CT molecular complexity index is 1180. The van der Waals surface area contributed by atoms with Crippen molar-refractivity contribution in [2.45, 2.75) is 26.4 Å². The Labute approximate surface area is 183 Å². The van der Waals surface area contributed by atoms with Crippen LogP contribution in [0.15, 0.2) is 61.1 Å². The number of aryl methyl sites for hydroxylation is 2. The molecule has 1 saturated heterocycles. The fourth-order valence-electron chi connectivity index (χ4n) is 4.65. The zero-order valence-electron chi connectivity index (χ0n) is 18.4. The summed E-state index contributed by atoms with van der Waals surface area (Å²) in [5, 5.41) is 9.06. The fourth-order valence-corrected chi connectivity index (χ4v) is 4.65. The third-order valence-corrected chi connectivity index (χ3v) is 6.19. The minimum absolute atomic E-state index is 0.226. The van der Waals surface area contributed by atoms with Crippen LogP contribution in [-0.4, -0.2) is 56.3 Å². The molecule has 6 heteroatoms. The van der Waals surface area contributed by atoms with Crippen molar-refractivity contribution in [1.82, 2.24) is 29.6 Å². The molecule has 31 heavy (non-hydrogen) atoms. The highest BCUT2D eigenvalue weighted by molar-refractivity contribution is 5.65. The number of benzene rings is 1. The zero-order valence-corrected chi connectivity index (χ0v) is 18.4. The van der Waals surface area contributed by atoms with Gasteiger partial charge >= 0.3 is 0 Å². The van der Waals surface area contributed by atoms with Gasteiger partial charge in [0.25, 0.3) is 0 Å². The van der Waals surface area contributed by atoms with E-state index in [0.717, 1.165) is 48.5 Å². The third kappa shape index (κ3) is 4.09. The van der Waals surface area contributed by atoms with E-state index in [-0.39, 0.29) is 6.04 Å². The Kier molecular flexibility index (Phi) is 5.26. The predicted octanol–water partition coefficient (Wildman–Crippen LogP) is 3.90. The number of hydrogen-bond donors (Lipinski definition) is 0. The first-order valence-corrected chi connectivity index (χ1v) is 10.8. The van der Waals surface area contributed by atoms with Gasteiger partial charge in [-0.05, 0) is 50.2 Å². The molecular weight excluding hydrogens is 384 g/mol. The van der Waals surface area contributed by atoms with Gasteiger partial charge in [0.15, 0.2) is 0 Å². The lowest BCUT2D eigenvalue weighted by Gasteiger charge is -2.38. The lowest BCUT2D eigenvalue weighted by molar-refractivity contribution is 0.0889. The van der Waals surface area contributed by atoms with Crippen LogP contribution in [0.3, 0.4) is 0 Å². The molecule has 1 atom stereocenters. The zero-order chi connectivity index (χ0) is 21.4. The summed E-state index contributed by atoms with van der Waals surface area (Å²) in [4.78, 5) is 9.05. The second kappa shape index (κ2) is 8.21. The summed E-state index contributed by atoms with van der Waals surface area (Å²) in [6, 6.07) is 15.4. The standard InChI is InChI=1S/C25H28N6/c1-18-12-19(2)14-20(13-18)15-30-11-10-29(3)24(17-30)25-23-5-4-22(16-31(23)28-27-25)21-6-8-26-9-7-21/h4-9,12-14,16,24H,10-11,15,17H2,1-3H3/t24-/m1/s1. The molecule has 158 valence electrons. The van der Waals surface area contributed by atoms with Crippen LogP contribution < -0.4 is 0 Å². The van der Waals surface area contributed by atoms with E-state index in [1.54, 1.807) is 0 Å². The Morgan fingerprint density at radius 1 is 0.935 bits per heavy atom. The maximum absolute atomic E-state index is 4.61. The van der Waals surface area contributed by atoms with E-state index in [0.29, 0.717) is 0 Å². The van der Waals surface area contributed by atoms with Crippen LogP contribution in [-0.2, 0) is 6.54 Å². The van der Waals surface area contributed by atoms with Crippen molar-refractivity contribution in [3.05, 3.63) is 83.4 Å². The largest absolute Gasteiger partial charge is 0.296 e. The molecular formula is C25H28N6. The molecule has 5 rings (SSSR count). The number of fused-ring (bicyclic) bond motifs is 1. The highest BCUT2D eigenvalue weighted by Gasteiger charge is 2.29. The molecule has 0 spiro atoms. The quantitative estimate of drug-likeness (QED) is 0.509. The van der Waals surface area contributed by atoms with E-state index in [1.807, 2.05) is 29.0 Å². The molecule has 0 amide bonds. The summed E-state index contributed by atoms with van der Waals surface area (Å²) >= 11 is 0. The van der Waals surface area contributed by atoms with Crippen LogP contribution in [0.2, 0.25) is 0 Å². The van der Waals surface area contributed by atoms with Crippen LogP contribution in [0.4, 0.5) is 0 Å². The first kappa shape index (κ1) is 19.8. The topological polar surface area (TPSA) is 49.6 Å². The highest BCUT2D eigenvalue weighted by atomic mass is 15.4. The number of piperazine rings is 1. The van der Waals surface area contributed by atoms with E-state index in [9.17, 15) is 0 Å². The number of pyridine rings is 2. The maximum Gasteiger partial charge on any atom is 0.109 e. The first-order valence-electron chi connectivity index (χ1n) is 10.8. The van der Waals surface area contributed by atoms with E-state index >= 15 is 0 Å². The van der Waals surface area contributed by atoms with Crippen molar-refractivity contribution in [1.29, 1.82) is 0 Å². The molecule has 0 radical (unpaired) electrons. The molecule has 3 aromatic heterocycles. The number of rotatable bonds is 4. The van der Waals surface area contributed by atoms with Crippen LogP contribution >= 0.6 is 0 Å². The van der Waals surface area contributed by atoms with Crippen molar-refractivity contribution in [2.24, 2.45) is 0 Å². The van der Waals surface area contributed by atoms with E-state index in [2.05, 4.69) is 82.5 Å². The third-order valence-electron chi connectivity index (χ3n) is 6.19.